The lowest BCUT2D eigenvalue weighted by molar-refractivity contribution is -0.119. The van der Waals surface area contributed by atoms with Gasteiger partial charge in [-0.3, -0.25) is 20.4 Å². The van der Waals surface area contributed by atoms with Crippen molar-refractivity contribution >= 4 is 23.6 Å². The predicted octanol–water partition coefficient (Wildman–Crippen LogP) is 2.75. The number of phenolic OH excluding ortho intramolecular Hbond substituents is 1. The van der Waals surface area contributed by atoms with Gasteiger partial charge < -0.3 is 9.84 Å². The van der Waals surface area contributed by atoms with Crippen molar-refractivity contribution in [3.05, 3.63) is 60.2 Å². The summed E-state index contributed by atoms with van der Waals surface area (Å²) in [6, 6.07) is 15.4. The number of phenols is 1. The molecule has 0 aromatic heterocycles. The molecule has 0 spiro atoms. The lowest BCUT2D eigenvalue weighted by Gasteiger charge is -2.08. The smallest absolute Gasteiger partial charge is 0.269 e. The highest BCUT2D eigenvalue weighted by Crippen LogP contribution is 2.10. The summed E-state index contributed by atoms with van der Waals surface area (Å²) in [5, 5.41) is 9.18. The fourth-order valence-electron chi connectivity index (χ4n) is 2.03. The van der Waals surface area contributed by atoms with Crippen LogP contribution in [0.3, 0.4) is 0 Å². The van der Waals surface area contributed by atoms with Crippen LogP contribution in [0.5, 0.6) is 11.5 Å². The molecule has 0 unspecified atom stereocenters. The SMILES string of the molecule is O=C(CSCCCCOc1ccccc1)NNC(=O)c1ccc(O)cc1. The Morgan fingerprint density at radius 3 is 2.42 bits per heavy atom. The van der Waals surface area contributed by atoms with Gasteiger partial charge in [0, 0.05) is 5.56 Å². The van der Waals surface area contributed by atoms with Crippen LogP contribution in [0, 0.1) is 0 Å². The van der Waals surface area contributed by atoms with E-state index in [9.17, 15) is 14.7 Å². The Kier molecular flexibility index (Phi) is 8.35. The zero-order chi connectivity index (χ0) is 18.6. The van der Waals surface area contributed by atoms with Crippen molar-refractivity contribution in [2.24, 2.45) is 0 Å². The van der Waals surface area contributed by atoms with Crippen molar-refractivity contribution in [3.63, 3.8) is 0 Å². The summed E-state index contributed by atoms with van der Waals surface area (Å²) < 4.78 is 5.60. The second-order valence-electron chi connectivity index (χ2n) is 5.47. The van der Waals surface area contributed by atoms with E-state index in [4.69, 9.17) is 4.74 Å². The molecule has 0 saturated carbocycles. The number of carbonyl (C=O) groups excluding carboxylic acids is 2. The zero-order valence-electron chi connectivity index (χ0n) is 14.3. The van der Waals surface area contributed by atoms with Crippen molar-refractivity contribution in [2.45, 2.75) is 12.8 Å². The van der Waals surface area contributed by atoms with Gasteiger partial charge in [-0.15, -0.1) is 0 Å². The lowest BCUT2D eigenvalue weighted by atomic mass is 10.2. The molecule has 0 atom stereocenters. The van der Waals surface area contributed by atoms with Gasteiger partial charge in [0.25, 0.3) is 5.91 Å². The summed E-state index contributed by atoms with van der Waals surface area (Å²) in [5.41, 5.74) is 5.07. The largest absolute Gasteiger partial charge is 0.508 e. The van der Waals surface area contributed by atoms with Gasteiger partial charge in [-0.2, -0.15) is 11.8 Å². The van der Waals surface area contributed by atoms with E-state index in [2.05, 4.69) is 10.9 Å². The average Bonchev–Trinajstić information content (AvgIpc) is 2.66. The van der Waals surface area contributed by atoms with Gasteiger partial charge >= 0.3 is 0 Å². The molecule has 138 valence electrons. The van der Waals surface area contributed by atoms with Crippen LogP contribution in [0.2, 0.25) is 0 Å². The molecular weight excluding hydrogens is 352 g/mol. The first-order chi connectivity index (χ1) is 12.6. The third-order valence-electron chi connectivity index (χ3n) is 3.37. The number of carbonyl (C=O) groups is 2. The molecule has 3 N–H and O–H groups in total. The molecule has 0 saturated heterocycles. The van der Waals surface area contributed by atoms with E-state index in [0.717, 1.165) is 24.3 Å². The minimum Gasteiger partial charge on any atom is -0.508 e. The van der Waals surface area contributed by atoms with Crippen molar-refractivity contribution in [1.29, 1.82) is 0 Å². The van der Waals surface area contributed by atoms with E-state index >= 15 is 0 Å². The van der Waals surface area contributed by atoms with E-state index in [-0.39, 0.29) is 17.4 Å². The Hall–Kier alpha value is -2.67. The molecular formula is C19H22N2O4S. The number of nitrogens with one attached hydrogen (secondary N) is 2. The van der Waals surface area contributed by atoms with Crippen LogP contribution in [-0.4, -0.2) is 35.0 Å². The number of aromatic hydroxyl groups is 1. The third-order valence-corrected chi connectivity index (χ3v) is 4.42. The Balaban J connectivity index is 1.49. The van der Waals surface area contributed by atoms with Gasteiger partial charge in [-0.1, -0.05) is 18.2 Å². The minimum absolute atomic E-state index is 0.0798. The van der Waals surface area contributed by atoms with Gasteiger partial charge in [0.15, 0.2) is 0 Å². The second kappa shape index (κ2) is 11.0. The second-order valence-corrected chi connectivity index (χ2v) is 6.58. The highest BCUT2D eigenvalue weighted by atomic mass is 32.2. The number of amides is 2. The summed E-state index contributed by atoms with van der Waals surface area (Å²) >= 11 is 1.51. The van der Waals surface area contributed by atoms with Gasteiger partial charge in [0.2, 0.25) is 5.91 Å². The quantitative estimate of drug-likeness (QED) is 0.464. The van der Waals surface area contributed by atoms with Crippen LogP contribution in [0.4, 0.5) is 0 Å². The topological polar surface area (TPSA) is 87.7 Å². The normalized spacial score (nSPS) is 10.2. The minimum atomic E-state index is -0.429. The van der Waals surface area contributed by atoms with Crippen molar-refractivity contribution in [2.75, 3.05) is 18.1 Å². The Labute approximate surface area is 156 Å². The molecule has 7 heteroatoms. The maximum Gasteiger partial charge on any atom is 0.269 e. The van der Waals surface area contributed by atoms with Crippen molar-refractivity contribution < 1.29 is 19.4 Å². The molecule has 0 fully saturated rings. The van der Waals surface area contributed by atoms with Crippen LogP contribution in [-0.2, 0) is 4.79 Å². The van der Waals surface area contributed by atoms with Crippen LogP contribution in [0.15, 0.2) is 54.6 Å². The van der Waals surface area contributed by atoms with Crippen molar-refractivity contribution in [1.82, 2.24) is 10.9 Å². The molecule has 0 aliphatic rings. The number of hydrogen-bond acceptors (Lipinski definition) is 5. The number of ether oxygens (including phenoxy) is 1. The van der Waals surface area contributed by atoms with Crippen LogP contribution in [0.1, 0.15) is 23.2 Å². The van der Waals surface area contributed by atoms with E-state index in [1.54, 1.807) is 0 Å². The fraction of sp³-hybridized carbons (Fsp3) is 0.263. The van der Waals surface area contributed by atoms with Crippen LogP contribution >= 0.6 is 11.8 Å². The molecule has 2 aromatic carbocycles. The first kappa shape index (κ1) is 19.7. The number of thioether (sulfide) groups is 1. The van der Waals surface area contributed by atoms with Gasteiger partial charge in [-0.05, 0) is 55.0 Å². The Morgan fingerprint density at radius 2 is 1.69 bits per heavy atom. The molecule has 0 bridgehead atoms. The van der Waals surface area contributed by atoms with E-state index < -0.39 is 5.91 Å². The zero-order valence-corrected chi connectivity index (χ0v) is 15.1. The molecule has 6 nitrogen and oxygen atoms in total. The number of benzene rings is 2. The van der Waals surface area contributed by atoms with Crippen LogP contribution < -0.4 is 15.6 Å². The average molecular weight is 374 g/mol. The Bertz CT molecular complexity index is 692. The lowest BCUT2D eigenvalue weighted by Crippen LogP contribution is -2.42. The monoisotopic (exact) mass is 374 g/mol. The number of hydrazine groups is 1. The number of rotatable bonds is 9. The summed E-state index contributed by atoms with van der Waals surface area (Å²) in [6.45, 7) is 0.652. The standard InChI is InChI=1S/C19H22N2O4S/c22-16-10-8-15(9-11-16)19(24)21-20-18(23)14-26-13-5-4-12-25-17-6-2-1-3-7-17/h1-3,6-11,22H,4-5,12-14H2,(H,20,23)(H,21,24). The molecule has 26 heavy (non-hydrogen) atoms. The number of hydrogen-bond donors (Lipinski definition) is 3. The van der Waals surface area contributed by atoms with Crippen LogP contribution in [0.25, 0.3) is 0 Å². The fourth-order valence-corrected chi connectivity index (χ4v) is 2.84. The maximum absolute atomic E-state index is 11.8. The summed E-state index contributed by atoms with van der Waals surface area (Å²) in [4.78, 5) is 23.5. The molecule has 0 aliphatic carbocycles. The van der Waals surface area contributed by atoms with Gasteiger partial charge in [0.05, 0.1) is 12.4 Å². The highest BCUT2D eigenvalue weighted by molar-refractivity contribution is 7.99. The summed E-state index contributed by atoms with van der Waals surface area (Å²) in [7, 11) is 0. The summed E-state index contributed by atoms with van der Waals surface area (Å²) in [5.74, 6) is 1.37. The summed E-state index contributed by atoms with van der Waals surface area (Å²) in [6.07, 6.45) is 1.87. The molecule has 2 rings (SSSR count). The molecule has 0 aliphatic heterocycles. The number of unbranched alkanes of at least 4 members (excludes halogenated alkanes) is 1. The number of para-hydroxylation sites is 1. The Morgan fingerprint density at radius 1 is 0.962 bits per heavy atom. The molecule has 0 heterocycles. The molecule has 0 radical (unpaired) electrons. The van der Waals surface area contributed by atoms with Gasteiger partial charge in [0.1, 0.15) is 11.5 Å². The highest BCUT2D eigenvalue weighted by Gasteiger charge is 2.07. The van der Waals surface area contributed by atoms with E-state index in [1.165, 1.54) is 36.0 Å². The van der Waals surface area contributed by atoms with E-state index in [0.29, 0.717) is 12.2 Å². The van der Waals surface area contributed by atoms with Crippen molar-refractivity contribution in [3.8, 4) is 11.5 Å². The molecule has 2 amide bonds. The van der Waals surface area contributed by atoms with Gasteiger partial charge in [-0.25, -0.2) is 0 Å². The molecule has 2 aromatic rings. The first-order valence-corrected chi connectivity index (χ1v) is 9.44. The first-order valence-electron chi connectivity index (χ1n) is 8.29. The van der Waals surface area contributed by atoms with E-state index in [1.807, 2.05) is 30.3 Å². The predicted molar refractivity (Wildman–Crippen MR) is 102 cm³/mol. The third kappa shape index (κ3) is 7.48. The maximum atomic E-state index is 11.8.